The van der Waals surface area contributed by atoms with E-state index in [4.69, 9.17) is 0 Å². The molecule has 9 heavy (non-hydrogen) atoms. The number of rotatable bonds is 0. The van der Waals surface area contributed by atoms with Crippen LogP contribution in [0.4, 0.5) is 0 Å². The van der Waals surface area contributed by atoms with Gasteiger partial charge in [-0.1, -0.05) is 36.0 Å². The second-order valence-electron chi connectivity index (χ2n) is 2.32. The Morgan fingerprint density at radius 1 is 1.22 bits per heavy atom. The summed E-state index contributed by atoms with van der Waals surface area (Å²) in [6.45, 7) is 2.12. The molecule has 1 rings (SSSR count). The molecule has 0 fully saturated rings. The molecule has 0 nitrogen and oxygen atoms in total. The van der Waals surface area contributed by atoms with E-state index in [1.807, 2.05) is 0 Å². The normalized spacial score (nSPS) is 31.4. The van der Waals surface area contributed by atoms with E-state index in [0.717, 1.165) is 0 Å². The first-order chi connectivity index (χ1) is 4.39. The third-order valence-electron chi connectivity index (χ3n) is 1.38. The van der Waals surface area contributed by atoms with Crippen LogP contribution in [0.5, 0.6) is 0 Å². The van der Waals surface area contributed by atoms with E-state index in [0.29, 0.717) is 0 Å². The Balaban J connectivity index is 2.66. The van der Waals surface area contributed by atoms with Gasteiger partial charge >= 0.3 is 0 Å². The lowest BCUT2D eigenvalue weighted by molar-refractivity contribution is 1.05. The van der Waals surface area contributed by atoms with Gasteiger partial charge in [0, 0.05) is 0 Å². The quantitative estimate of drug-likeness (QED) is 0.461. The van der Waals surface area contributed by atoms with Crippen LogP contribution in [0.2, 0.25) is 0 Å². The molecule has 0 saturated carbocycles. The van der Waals surface area contributed by atoms with Crippen molar-refractivity contribution in [1.29, 1.82) is 0 Å². The Labute approximate surface area is 56.6 Å². The number of allylic oxidation sites excluding steroid dienone is 6. The largest absolute Gasteiger partial charge is 0.0842 e. The van der Waals surface area contributed by atoms with Crippen LogP contribution in [0.25, 0.3) is 0 Å². The SMILES string of the molecule is CC1=C/C=C\CC\C=C\1. The van der Waals surface area contributed by atoms with Gasteiger partial charge in [0.2, 0.25) is 0 Å². The fraction of sp³-hybridized carbons (Fsp3) is 0.333. The Kier molecular flexibility index (Phi) is 2.32. The minimum Gasteiger partial charge on any atom is -0.0842 e. The van der Waals surface area contributed by atoms with Crippen molar-refractivity contribution in [2.45, 2.75) is 19.8 Å². The Bertz CT molecular complexity index is 159. The molecule has 0 amide bonds. The zero-order chi connectivity index (χ0) is 6.53. The van der Waals surface area contributed by atoms with Crippen LogP contribution in [-0.4, -0.2) is 0 Å². The minimum atomic E-state index is 1.18. The van der Waals surface area contributed by atoms with Gasteiger partial charge in [-0.25, -0.2) is 0 Å². The first kappa shape index (κ1) is 6.34. The Hall–Kier alpha value is -0.780. The van der Waals surface area contributed by atoms with Crippen molar-refractivity contribution in [3.63, 3.8) is 0 Å². The van der Waals surface area contributed by atoms with Crippen LogP contribution in [0, 0.1) is 0 Å². The van der Waals surface area contributed by atoms with Gasteiger partial charge < -0.3 is 0 Å². The van der Waals surface area contributed by atoms with E-state index >= 15 is 0 Å². The summed E-state index contributed by atoms with van der Waals surface area (Å²) in [5.74, 6) is 0. The van der Waals surface area contributed by atoms with Gasteiger partial charge in [0.05, 0.1) is 0 Å². The van der Waals surface area contributed by atoms with Crippen molar-refractivity contribution >= 4 is 0 Å². The lowest BCUT2D eigenvalue weighted by Crippen LogP contribution is -1.72. The molecule has 1 aliphatic rings. The maximum Gasteiger partial charge on any atom is -0.0313 e. The lowest BCUT2D eigenvalue weighted by Gasteiger charge is -1.92. The predicted molar refractivity (Wildman–Crippen MR) is 41.3 cm³/mol. The first-order valence-corrected chi connectivity index (χ1v) is 3.39. The summed E-state index contributed by atoms with van der Waals surface area (Å²) in [5, 5.41) is 0. The predicted octanol–water partition coefficient (Wildman–Crippen LogP) is 2.84. The molecule has 0 aromatic heterocycles. The highest BCUT2D eigenvalue weighted by molar-refractivity contribution is 5.22. The third kappa shape index (κ3) is 2.31. The molecule has 0 heteroatoms. The standard InChI is InChI=1S/C9H12/c1-9-7-5-3-2-4-6-8-9/h3,5-8H,2,4H2,1H3/b5-3-,8-6+,9-7-. The maximum absolute atomic E-state index is 2.22. The smallest absolute Gasteiger partial charge is 0.0313 e. The fourth-order valence-electron chi connectivity index (χ4n) is 0.833. The molecule has 0 bridgehead atoms. The molecule has 1 aliphatic carbocycles. The van der Waals surface area contributed by atoms with E-state index in [1.165, 1.54) is 18.4 Å². The molecule has 0 aromatic rings. The Morgan fingerprint density at radius 3 is 2.89 bits per heavy atom. The summed E-state index contributed by atoms with van der Waals surface area (Å²) in [4.78, 5) is 0. The Morgan fingerprint density at radius 2 is 2.00 bits per heavy atom. The molecular weight excluding hydrogens is 108 g/mol. The van der Waals surface area contributed by atoms with Gasteiger partial charge in [-0.15, -0.1) is 0 Å². The molecule has 0 N–H and O–H groups in total. The van der Waals surface area contributed by atoms with Crippen molar-refractivity contribution in [3.8, 4) is 0 Å². The van der Waals surface area contributed by atoms with E-state index in [9.17, 15) is 0 Å². The van der Waals surface area contributed by atoms with E-state index in [2.05, 4.69) is 37.3 Å². The van der Waals surface area contributed by atoms with Crippen molar-refractivity contribution in [2.24, 2.45) is 0 Å². The molecule has 0 spiro atoms. The first-order valence-electron chi connectivity index (χ1n) is 3.39. The van der Waals surface area contributed by atoms with Gasteiger partial charge in [0.15, 0.2) is 0 Å². The number of hydrogen-bond acceptors (Lipinski definition) is 0. The molecule has 0 atom stereocenters. The van der Waals surface area contributed by atoms with Gasteiger partial charge in [0.25, 0.3) is 0 Å². The average molecular weight is 120 g/mol. The van der Waals surface area contributed by atoms with Crippen LogP contribution in [-0.2, 0) is 0 Å². The second kappa shape index (κ2) is 3.29. The summed E-state index contributed by atoms with van der Waals surface area (Å²) < 4.78 is 0. The molecule has 0 aromatic carbocycles. The van der Waals surface area contributed by atoms with Gasteiger partial charge in [-0.05, 0) is 19.8 Å². The zero-order valence-electron chi connectivity index (χ0n) is 5.80. The molecule has 0 saturated heterocycles. The molecule has 0 radical (unpaired) electrons. The van der Waals surface area contributed by atoms with E-state index in [-0.39, 0.29) is 0 Å². The van der Waals surface area contributed by atoms with Gasteiger partial charge in [-0.3, -0.25) is 0 Å². The van der Waals surface area contributed by atoms with Crippen molar-refractivity contribution in [1.82, 2.24) is 0 Å². The summed E-state index contributed by atoms with van der Waals surface area (Å²) in [6.07, 6.45) is 13.2. The lowest BCUT2D eigenvalue weighted by atomic mass is 10.1. The van der Waals surface area contributed by atoms with E-state index < -0.39 is 0 Å². The highest BCUT2D eigenvalue weighted by Crippen LogP contribution is 2.03. The van der Waals surface area contributed by atoms with Crippen molar-refractivity contribution < 1.29 is 0 Å². The van der Waals surface area contributed by atoms with Crippen molar-refractivity contribution in [3.05, 3.63) is 36.0 Å². The van der Waals surface area contributed by atoms with Crippen LogP contribution in [0.3, 0.4) is 0 Å². The summed E-state index contributed by atoms with van der Waals surface area (Å²) in [5.41, 5.74) is 1.34. The molecule has 48 valence electrons. The van der Waals surface area contributed by atoms with Crippen LogP contribution in [0.15, 0.2) is 36.0 Å². The fourth-order valence-corrected chi connectivity index (χ4v) is 0.833. The second-order valence-corrected chi connectivity index (χ2v) is 2.32. The number of hydrogen-bond donors (Lipinski definition) is 0. The molecule has 0 unspecified atom stereocenters. The molecule has 0 heterocycles. The monoisotopic (exact) mass is 120 g/mol. The molecule has 0 aliphatic heterocycles. The summed E-state index contributed by atoms with van der Waals surface area (Å²) in [7, 11) is 0. The highest BCUT2D eigenvalue weighted by atomic mass is 13.9. The topological polar surface area (TPSA) is 0 Å². The van der Waals surface area contributed by atoms with Crippen LogP contribution in [0.1, 0.15) is 19.8 Å². The highest BCUT2D eigenvalue weighted by Gasteiger charge is 1.82. The van der Waals surface area contributed by atoms with Crippen LogP contribution >= 0.6 is 0 Å². The zero-order valence-corrected chi connectivity index (χ0v) is 5.80. The van der Waals surface area contributed by atoms with Crippen molar-refractivity contribution in [2.75, 3.05) is 0 Å². The van der Waals surface area contributed by atoms with E-state index in [1.54, 1.807) is 0 Å². The average Bonchev–Trinajstić information content (AvgIpc) is 1.79. The van der Waals surface area contributed by atoms with Crippen LogP contribution < -0.4 is 0 Å². The minimum absolute atomic E-state index is 1.18. The molecular formula is C9H12. The third-order valence-corrected chi connectivity index (χ3v) is 1.38. The summed E-state index contributed by atoms with van der Waals surface area (Å²) >= 11 is 0. The summed E-state index contributed by atoms with van der Waals surface area (Å²) in [6, 6.07) is 0. The van der Waals surface area contributed by atoms with Gasteiger partial charge in [-0.2, -0.15) is 0 Å². The maximum atomic E-state index is 2.22. The van der Waals surface area contributed by atoms with Gasteiger partial charge in [0.1, 0.15) is 0 Å².